The summed E-state index contributed by atoms with van der Waals surface area (Å²) in [6.45, 7) is 14.4. The molecule has 2 fully saturated rings. The van der Waals surface area contributed by atoms with Crippen molar-refractivity contribution in [2.45, 2.75) is 78.8 Å². The van der Waals surface area contributed by atoms with E-state index in [4.69, 9.17) is 9.15 Å². The van der Waals surface area contributed by atoms with Crippen molar-refractivity contribution in [3.63, 3.8) is 0 Å². The molecule has 34 heavy (non-hydrogen) atoms. The molecule has 2 unspecified atom stereocenters. The van der Waals surface area contributed by atoms with Gasteiger partial charge in [-0.1, -0.05) is 47.6 Å². The zero-order valence-corrected chi connectivity index (χ0v) is 21.2. The number of benzene rings is 1. The number of nitrogens with zero attached hydrogens (tertiary/aromatic N) is 2. The smallest absolute Gasteiger partial charge is 0.289 e. The van der Waals surface area contributed by atoms with Crippen LogP contribution in [0.2, 0.25) is 0 Å². The molecule has 1 aromatic carbocycles. The van der Waals surface area contributed by atoms with Crippen molar-refractivity contribution in [1.29, 1.82) is 0 Å². The zero-order chi connectivity index (χ0) is 24.5. The van der Waals surface area contributed by atoms with Gasteiger partial charge in [-0.3, -0.25) is 14.5 Å². The Morgan fingerprint density at radius 1 is 1.12 bits per heavy atom. The number of anilines is 1. The minimum absolute atomic E-state index is 0.00180. The van der Waals surface area contributed by atoms with E-state index in [9.17, 15) is 9.59 Å². The Morgan fingerprint density at radius 3 is 2.62 bits per heavy atom. The first-order chi connectivity index (χ1) is 15.8. The van der Waals surface area contributed by atoms with E-state index in [1.165, 1.54) is 0 Å². The number of carbonyl (C=O) groups excluding carboxylic acids is 2. The lowest BCUT2D eigenvalue weighted by molar-refractivity contribution is -0.121. The molecule has 2 atom stereocenters. The van der Waals surface area contributed by atoms with Gasteiger partial charge in [-0.15, -0.1) is 0 Å². The van der Waals surface area contributed by atoms with Crippen LogP contribution in [0.1, 0.15) is 82.7 Å². The normalized spacial score (nSPS) is 25.8. The quantitative estimate of drug-likeness (QED) is 0.598. The third-order valence-electron chi connectivity index (χ3n) is 7.63. The molecule has 3 heterocycles. The highest BCUT2D eigenvalue weighted by Gasteiger charge is 2.51. The second-order valence-electron chi connectivity index (χ2n) is 12.6. The van der Waals surface area contributed by atoms with Gasteiger partial charge < -0.3 is 14.1 Å². The summed E-state index contributed by atoms with van der Waals surface area (Å²) in [7, 11) is 0. The Hall–Kier alpha value is -2.76. The van der Waals surface area contributed by atoms with Crippen LogP contribution in [-0.4, -0.2) is 35.9 Å². The SMILES string of the molecule is CC1(C)CC2CC(C)(CN2C(=O)c2ccc(CN3C(=O)COc4ccc(C(C)(C)C)cc43)o2)C1. The molecule has 6 heteroatoms. The number of fused-ring (bicyclic) bond motifs is 3. The predicted molar refractivity (Wildman–Crippen MR) is 131 cm³/mol. The molecule has 0 spiro atoms. The third kappa shape index (κ3) is 4.12. The standard InChI is InChI=1S/C28H36N2O4/c1-26(2,3)18-7-9-22-21(11-18)29(24(31)15-33-22)14-20-8-10-23(34-20)25(32)30-17-28(6)13-19(30)12-27(4,5)16-28/h7-11,19H,12-17H2,1-6H3. The van der Waals surface area contributed by atoms with Crippen LogP contribution in [0.25, 0.3) is 0 Å². The van der Waals surface area contributed by atoms with E-state index in [1.807, 2.05) is 29.2 Å². The highest BCUT2D eigenvalue weighted by Crippen LogP contribution is 2.52. The second kappa shape index (κ2) is 7.62. The Bertz CT molecular complexity index is 1140. The fourth-order valence-electron chi connectivity index (χ4n) is 6.41. The maximum Gasteiger partial charge on any atom is 0.289 e. The van der Waals surface area contributed by atoms with E-state index in [1.54, 1.807) is 11.0 Å². The number of carbonyl (C=O) groups is 2. The largest absolute Gasteiger partial charge is 0.482 e. The number of ether oxygens (including phenoxy) is 1. The third-order valence-corrected chi connectivity index (χ3v) is 7.63. The molecule has 6 nitrogen and oxygen atoms in total. The van der Waals surface area contributed by atoms with Gasteiger partial charge in [0.25, 0.3) is 11.8 Å². The van der Waals surface area contributed by atoms with Crippen molar-refractivity contribution in [3.05, 3.63) is 47.4 Å². The summed E-state index contributed by atoms with van der Waals surface area (Å²) in [5, 5.41) is 0. The molecule has 1 saturated carbocycles. The van der Waals surface area contributed by atoms with Gasteiger partial charge in [-0.2, -0.15) is 0 Å². The average molecular weight is 465 g/mol. The summed E-state index contributed by atoms with van der Waals surface area (Å²) in [4.78, 5) is 29.9. The van der Waals surface area contributed by atoms with E-state index >= 15 is 0 Å². The second-order valence-corrected chi connectivity index (χ2v) is 12.6. The van der Waals surface area contributed by atoms with Crippen molar-refractivity contribution in [1.82, 2.24) is 4.90 Å². The summed E-state index contributed by atoms with van der Waals surface area (Å²) < 4.78 is 11.7. The highest BCUT2D eigenvalue weighted by atomic mass is 16.5. The van der Waals surface area contributed by atoms with Gasteiger partial charge in [0.05, 0.1) is 12.2 Å². The number of hydrogen-bond donors (Lipinski definition) is 0. The molecule has 0 radical (unpaired) electrons. The van der Waals surface area contributed by atoms with Gasteiger partial charge >= 0.3 is 0 Å². The van der Waals surface area contributed by atoms with Crippen molar-refractivity contribution >= 4 is 17.5 Å². The molecule has 2 amide bonds. The van der Waals surface area contributed by atoms with Gasteiger partial charge in [0.1, 0.15) is 11.5 Å². The molecule has 0 N–H and O–H groups in total. The first-order valence-electron chi connectivity index (χ1n) is 12.3. The highest BCUT2D eigenvalue weighted by molar-refractivity contribution is 5.98. The van der Waals surface area contributed by atoms with Crippen molar-refractivity contribution < 1.29 is 18.7 Å². The average Bonchev–Trinajstić information content (AvgIpc) is 3.29. The molecule has 1 aliphatic carbocycles. The molecular formula is C28H36N2O4. The first kappa shape index (κ1) is 23.0. The molecule has 2 bridgehead atoms. The first-order valence-corrected chi connectivity index (χ1v) is 12.3. The molecule has 2 aliphatic heterocycles. The van der Waals surface area contributed by atoms with Crippen molar-refractivity contribution in [3.8, 4) is 5.75 Å². The Morgan fingerprint density at radius 2 is 1.88 bits per heavy atom. The summed E-state index contributed by atoms with van der Waals surface area (Å²) in [5.41, 5.74) is 2.24. The number of furan rings is 1. The predicted octanol–water partition coefficient (Wildman–Crippen LogP) is 5.54. The van der Waals surface area contributed by atoms with Gasteiger partial charge in [0.2, 0.25) is 0 Å². The van der Waals surface area contributed by atoms with Crippen LogP contribution in [0.5, 0.6) is 5.75 Å². The van der Waals surface area contributed by atoms with Crippen LogP contribution in [0.15, 0.2) is 34.7 Å². The summed E-state index contributed by atoms with van der Waals surface area (Å²) >= 11 is 0. The lowest BCUT2D eigenvalue weighted by atomic mass is 9.65. The molecule has 2 aromatic rings. The number of likely N-dealkylation sites (tertiary alicyclic amines) is 1. The van der Waals surface area contributed by atoms with E-state index in [-0.39, 0.29) is 47.3 Å². The maximum absolute atomic E-state index is 13.4. The van der Waals surface area contributed by atoms with Gasteiger partial charge in [-0.25, -0.2) is 0 Å². The van der Waals surface area contributed by atoms with Crippen LogP contribution in [0, 0.1) is 10.8 Å². The monoisotopic (exact) mass is 464 g/mol. The van der Waals surface area contributed by atoms with E-state index in [2.05, 4.69) is 41.5 Å². The zero-order valence-electron chi connectivity index (χ0n) is 21.2. The fourth-order valence-corrected chi connectivity index (χ4v) is 6.41. The maximum atomic E-state index is 13.4. The number of amides is 2. The minimum atomic E-state index is -0.119. The summed E-state index contributed by atoms with van der Waals surface area (Å²) in [6.07, 6.45) is 3.22. The summed E-state index contributed by atoms with van der Waals surface area (Å²) in [5.74, 6) is 1.48. The van der Waals surface area contributed by atoms with Crippen LogP contribution in [0.4, 0.5) is 5.69 Å². The van der Waals surface area contributed by atoms with E-state index in [0.29, 0.717) is 17.3 Å². The fraction of sp³-hybridized carbons (Fsp3) is 0.571. The van der Waals surface area contributed by atoms with Gasteiger partial charge in [0.15, 0.2) is 12.4 Å². The lowest BCUT2D eigenvalue weighted by Crippen LogP contribution is -2.38. The van der Waals surface area contributed by atoms with E-state index in [0.717, 1.165) is 37.1 Å². The van der Waals surface area contributed by atoms with Crippen LogP contribution >= 0.6 is 0 Å². The van der Waals surface area contributed by atoms with Crippen molar-refractivity contribution in [2.24, 2.45) is 10.8 Å². The Labute approximate surface area is 202 Å². The van der Waals surface area contributed by atoms with Gasteiger partial charge in [0, 0.05) is 12.6 Å². The molecular weight excluding hydrogens is 428 g/mol. The van der Waals surface area contributed by atoms with Crippen molar-refractivity contribution in [2.75, 3.05) is 18.1 Å². The lowest BCUT2D eigenvalue weighted by Gasteiger charge is -2.39. The van der Waals surface area contributed by atoms with Gasteiger partial charge in [-0.05, 0) is 65.3 Å². The Balaban J connectivity index is 1.36. The molecule has 1 aromatic heterocycles. The van der Waals surface area contributed by atoms with E-state index < -0.39 is 0 Å². The van der Waals surface area contributed by atoms with Crippen LogP contribution in [0.3, 0.4) is 0 Å². The molecule has 5 rings (SSSR count). The number of hydrogen-bond acceptors (Lipinski definition) is 4. The molecule has 182 valence electrons. The van der Waals surface area contributed by atoms with Crippen LogP contribution in [-0.2, 0) is 16.8 Å². The topological polar surface area (TPSA) is 63.0 Å². The molecule has 1 saturated heterocycles. The molecule has 3 aliphatic rings. The summed E-state index contributed by atoms with van der Waals surface area (Å²) in [6, 6.07) is 9.83. The minimum Gasteiger partial charge on any atom is -0.482 e. The Kier molecular flexibility index (Phi) is 5.16. The number of rotatable bonds is 3. The van der Waals surface area contributed by atoms with Crippen LogP contribution < -0.4 is 9.64 Å².